The summed E-state index contributed by atoms with van der Waals surface area (Å²) in [4.78, 5) is 2.51. The average Bonchev–Trinajstić information content (AvgIpc) is 2.39. The molecular weight excluding hydrogens is 210 g/mol. The fraction of sp³-hybridized carbons (Fsp3) is 0.600. The standard InChI is InChI=1S/C15H21NO/c1-12-6-8-14(9-7-12)16-10-13-4-2-3-5-15(13)17-11-16/h2-5,12,14H,6-11H2,1H3. The van der Waals surface area contributed by atoms with Gasteiger partial charge in [-0.15, -0.1) is 0 Å². The molecule has 1 saturated carbocycles. The van der Waals surface area contributed by atoms with E-state index in [0.29, 0.717) is 0 Å². The molecule has 0 spiro atoms. The summed E-state index contributed by atoms with van der Waals surface area (Å²) in [6.07, 6.45) is 5.44. The lowest BCUT2D eigenvalue weighted by Crippen LogP contribution is -2.42. The molecule has 17 heavy (non-hydrogen) atoms. The highest BCUT2D eigenvalue weighted by molar-refractivity contribution is 5.34. The summed E-state index contributed by atoms with van der Waals surface area (Å²) >= 11 is 0. The lowest BCUT2D eigenvalue weighted by Gasteiger charge is -2.38. The molecule has 0 aromatic heterocycles. The van der Waals surface area contributed by atoms with Crippen molar-refractivity contribution in [2.24, 2.45) is 5.92 Å². The first-order valence-electron chi connectivity index (χ1n) is 6.77. The van der Waals surface area contributed by atoms with E-state index < -0.39 is 0 Å². The first-order valence-corrected chi connectivity index (χ1v) is 6.77. The third kappa shape index (κ3) is 2.32. The van der Waals surface area contributed by atoms with Crippen LogP contribution in [0.1, 0.15) is 38.2 Å². The van der Waals surface area contributed by atoms with Crippen LogP contribution in [0.5, 0.6) is 5.75 Å². The number of ether oxygens (including phenoxy) is 1. The van der Waals surface area contributed by atoms with Crippen LogP contribution in [0.2, 0.25) is 0 Å². The van der Waals surface area contributed by atoms with Gasteiger partial charge in [0.15, 0.2) is 0 Å². The second-order valence-corrected chi connectivity index (χ2v) is 5.54. The van der Waals surface area contributed by atoms with Gasteiger partial charge in [0, 0.05) is 18.2 Å². The number of hydrogen-bond acceptors (Lipinski definition) is 2. The van der Waals surface area contributed by atoms with Crippen LogP contribution < -0.4 is 4.74 Å². The van der Waals surface area contributed by atoms with Gasteiger partial charge < -0.3 is 4.74 Å². The summed E-state index contributed by atoms with van der Waals surface area (Å²) < 4.78 is 5.84. The number of fused-ring (bicyclic) bond motifs is 1. The molecule has 2 heteroatoms. The summed E-state index contributed by atoms with van der Waals surface area (Å²) in [5.41, 5.74) is 1.34. The van der Waals surface area contributed by atoms with Crippen molar-refractivity contribution in [1.82, 2.24) is 4.90 Å². The van der Waals surface area contributed by atoms with Crippen molar-refractivity contribution in [3.05, 3.63) is 29.8 Å². The lowest BCUT2D eigenvalue weighted by molar-refractivity contribution is 0.0347. The van der Waals surface area contributed by atoms with Crippen molar-refractivity contribution in [3.63, 3.8) is 0 Å². The van der Waals surface area contributed by atoms with E-state index in [0.717, 1.165) is 31.0 Å². The minimum Gasteiger partial charge on any atom is -0.478 e. The molecule has 0 bridgehead atoms. The normalized spacial score (nSPS) is 29.5. The quantitative estimate of drug-likeness (QED) is 0.734. The molecule has 2 nitrogen and oxygen atoms in total. The van der Waals surface area contributed by atoms with Crippen molar-refractivity contribution in [3.8, 4) is 5.75 Å². The molecule has 1 aromatic carbocycles. The van der Waals surface area contributed by atoms with E-state index in [2.05, 4.69) is 36.1 Å². The Hall–Kier alpha value is -1.02. The van der Waals surface area contributed by atoms with Gasteiger partial charge >= 0.3 is 0 Å². The van der Waals surface area contributed by atoms with E-state index in [9.17, 15) is 0 Å². The highest BCUT2D eigenvalue weighted by Gasteiger charge is 2.27. The Kier molecular flexibility index (Phi) is 3.06. The zero-order valence-electron chi connectivity index (χ0n) is 10.6. The van der Waals surface area contributed by atoms with Crippen LogP contribution in [-0.4, -0.2) is 17.7 Å². The number of rotatable bonds is 1. The maximum Gasteiger partial charge on any atom is 0.142 e. The Bertz CT molecular complexity index is 382. The summed E-state index contributed by atoms with van der Waals surface area (Å²) in [6.45, 7) is 4.21. The topological polar surface area (TPSA) is 12.5 Å². The molecule has 0 saturated heterocycles. The van der Waals surface area contributed by atoms with Gasteiger partial charge in [0.25, 0.3) is 0 Å². The van der Waals surface area contributed by atoms with Gasteiger partial charge in [-0.1, -0.05) is 25.1 Å². The van der Waals surface area contributed by atoms with Crippen molar-refractivity contribution in [2.45, 2.75) is 45.2 Å². The number of para-hydroxylation sites is 1. The van der Waals surface area contributed by atoms with Crippen LogP contribution in [0, 0.1) is 5.92 Å². The minimum atomic E-state index is 0.736. The molecule has 1 aromatic rings. The molecule has 1 aliphatic carbocycles. The molecule has 0 radical (unpaired) electrons. The van der Waals surface area contributed by atoms with Gasteiger partial charge in [0.1, 0.15) is 12.5 Å². The van der Waals surface area contributed by atoms with Crippen LogP contribution in [-0.2, 0) is 6.54 Å². The van der Waals surface area contributed by atoms with E-state index in [1.54, 1.807) is 0 Å². The van der Waals surface area contributed by atoms with Gasteiger partial charge in [0.05, 0.1) is 0 Å². The molecule has 0 unspecified atom stereocenters. The van der Waals surface area contributed by atoms with Gasteiger partial charge in [-0.25, -0.2) is 0 Å². The second-order valence-electron chi connectivity index (χ2n) is 5.54. The van der Waals surface area contributed by atoms with Crippen LogP contribution in [0.25, 0.3) is 0 Å². The lowest BCUT2D eigenvalue weighted by atomic mass is 9.86. The number of benzene rings is 1. The highest BCUT2D eigenvalue weighted by Crippen LogP contribution is 2.31. The van der Waals surface area contributed by atoms with Crippen molar-refractivity contribution < 1.29 is 4.74 Å². The van der Waals surface area contributed by atoms with Gasteiger partial charge in [-0.3, -0.25) is 4.90 Å². The fourth-order valence-electron chi connectivity index (χ4n) is 3.03. The van der Waals surface area contributed by atoms with E-state index in [4.69, 9.17) is 4.74 Å². The highest BCUT2D eigenvalue weighted by atomic mass is 16.5. The van der Waals surface area contributed by atoms with Crippen LogP contribution in [0.15, 0.2) is 24.3 Å². The third-order valence-corrected chi connectivity index (χ3v) is 4.23. The molecule has 1 aliphatic heterocycles. The Morgan fingerprint density at radius 2 is 1.88 bits per heavy atom. The third-order valence-electron chi connectivity index (χ3n) is 4.23. The molecule has 2 aliphatic rings. The molecule has 1 heterocycles. The Balaban J connectivity index is 1.68. The first-order chi connectivity index (χ1) is 8.33. The fourth-order valence-corrected chi connectivity index (χ4v) is 3.03. The number of hydrogen-bond donors (Lipinski definition) is 0. The average molecular weight is 231 g/mol. The molecule has 0 atom stereocenters. The Labute approximate surface area is 104 Å². The predicted octanol–water partition coefficient (Wildman–Crippen LogP) is 3.42. The van der Waals surface area contributed by atoms with Gasteiger partial charge in [0.2, 0.25) is 0 Å². The SMILES string of the molecule is CC1CCC(N2COc3ccccc3C2)CC1. The molecular formula is C15H21NO. The van der Waals surface area contributed by atoms with E-state index in [1.165, 1.54) is 31.2 Å². The van der Waals surface area contributed by atoms with Crippen LogP contribution in [0.3, 0.4) is 0 Å². The Morgan fingerprint density at radius 1 is 1.12 bits per heavy atom. The van der Waals surface area contributed by atoms with E-state index >= 15 is 0 Å². The largest absolute Gasteiger partial charge is 0.478 e. The Morgan fingerprint density at radius 3 is 2.71 bits per heavy atom. The van der Waals surface area contributed by atoms with E-state index in [1.807, 2.05) is 0 Å². The maximum atomic E-state index is 5.84. The molecule has 0 amide bonds. The molecule has 3 rings (SSSR count). The van der Waals surface area contributed by atoms with Gasteiger partial charge in [-0.05, 0) is 37.7 Å². The molecule has 1 fully saturated rings. The summed E-state index contributed by atoms with van der Waals surface area (Å²) in [5, 5.41) is 0. The van der Waals surface area contributed by atoms with Crippen LogP contribution in [0.4, 0.5) is 0 Å². The van der Waals surface area contributed by atoms with E-state index in [-0.39, 0.29) is 0 Å². The summed E-state index contributed by atoms with van der Waals surface area (Å²) in [7, 11) is 0. The minimum absolute atomic E-state index is 0.736. The predicted molar refractivity (Wildman–Crippen MR) is 68.9 cm³/mol. The second kappa shape index (κ2) is 4.69. The molecule has 0 N–H and O–H groups in total. The monoisotopic (exact) mass is 231 g/mol. The first kappa shape index (κ1) is 11.1. The number of nitrogens with zero attached hydrogens (tertiary/aromatic N) is 1. The zero-order chi connectivity index (χ0) is 11.7. The summed E-state index contributed by atoms with van der Waals surface area (Å²) in [5.74, 6) is 2.00. The van der Waals surface area contributed by atoms with Crippen molar-refractivity contribution >= 4 is 0 Å². The van der Waals surface area contributed by atoms with Crippen molar-refractivity contribution in [2.75, 3.05) is 6.73 Å². The maximum absolute atomic E-state index is 5.84. The van der Waals surface area contributed by atoms with Gasteiger partial charge in [-0.2, -0.15) is 0 Å². The smallest absolute Gasteiger partial charge is 0.142 e. The summed E-state index contributed by atoms with van der Waals surface area (Å²) in [6, 6.07) is 9.16. The van der Waals surface area contributed by atoms with Crippen molar-refractivity contribution in [1.29, 1.82) is 0 Å². The van der Waals surface area contributed by atoms with Crippen LogP contribution >= 0.6 is 0 Å². The zero-order valence-corrected chi connectivity index (χ0v) is 10.6. The molecule has 92 valence electrons.